The van der Waals surface area contributed by atoms with Gasteiger partial charge < -0.3 is 19.3 Å². The quantitative estimate of drug-likeness (QED) is 0.627. The van der Waals surface area contributed by atoms with E-state index in [-0.39, 0.29) is 18.7 Å². The Balaban J connectivity index is 1.67. The van der Waals surface area contributed by atoms with Crippen molar-refractivity contribution < 1.29 is 9.84 Å². The number of fused-ring (bicyclic) bond motifs is 1. The molecule has 160 valence electrons. The van der Waals surface area contributed by atoms with E-state index in [2.05, 4.69) is 21.8 Å². The summed E-state index contributed by atoms with van der Waals surface area (Å²) in [5, 5.41) is 10.6. The number of nitrogens with one attached hydrogen (secondary N) is 1. The number of aliphatic hydroxyl groups excluding tert-OH is 1. The van der Waals surface area contributed by atoms with Crippen LogP contribution < -0.4 is 20.9 Å². The number of piperidine rings is 1. The number of ether oxygens (including phenoxy) is 1. The molecular weight excluding hydrogens is 386 g/mol. The van der Waals surface area contributed by atoms with Crippen molar-refractivity contribution in [2.75, 3.05) is 24.6 Å². The van der Waals surface area contributed by atoms with Gasteiger partial charge in [-0.05, 0) is 30.9 Å². The Hall–Kier alpha value is -3.07. The summed E-state index contributed by atoms with van der Waals surface area (Å²) in [4.78, 5) is 33.8. The average molecular weight is 413 g/mol. The van der Waals surface area contributed by atoms with Crippen LogP contribution in [0.4, 0.5) is 5.95 Å². The highest BCUT2D eigenvalue weighted by molar-refractivity contribution is 5.74. The number of hydrogen-bond donors (Lipinski definition) is 2. The van der Waals surface area contributed by atoms with Crippen LogP contribution in [0, 0.1) is 5.92 Å². The molecular formula is C21H27N5O4. The second-order valence-electron chi connectivity index (χ2n) is 7.96. The molecule has 9 nitrogen and oxygen atoms in total. The molecule has 3 aromatic rings. The topological polar surface area (TPSA) is 105 Å². The number of para-hydroxylation sites is 1. The number of imidazole rings is 1. The van der Waals surface area contributed by atoms with Gasteiger partial charge in [0.15, 0.2) is 11.2 Å². The second kappa shape index (κ2) is 8.35. The van der Waals surface area contributed by atoms with E-state index in [9.17, 15) is 14.7 Å². The molecule has 0 saturated carbocycles. The number of aryl methyl sites for hydroxylation is 1. The van der Waals surface area contributed by atoms with Crippen LogP contribution in [0.5, 0.6) is 5.75 Å². The van der Waals surface area contributed by atoms with Crippen molar-refractivity contribution in [3.63, 3.8) is 0 Å². The summed E-state index contributed by atoms with van der Waals surface area (Å²) in [6.07, 6.45) is 1.19. The Labute approximate surface area is 173 Å². The van der Waals surface area contributed by atoms with Crippen LogP contribution >= 0.6 is 0 Å². The fourth-order valence-corrected chi connectivity index (χ4v) is 3.82. The van der Waals surface area contributed by atoms with Crippen molar-refractivity contribution in [2.45, 2.75) is 32.4 Å². The van der Waals surface area contributed by atoms with E-state index in [1.807, 2.05) is 30.3 Å². The van der Waals surface area contributed by atoms with Crippen LogP contribution in [-0.2, 0) is 13.6 Å². The molecule has 0 bridgehead atoms. The molecule has 1 aromatic carbocycles. The zero-order chi connectivity index (χ0) is 21.3. The molecule has 1 atom stereocenters. The van der Waals surface area contributed by atoms with Crippen LogP contribution in [0.2, 0.25) is 0 Å². The predicted octanol–water partition coefficient (Wildman–Crippen LogP) is 1.10. The van der Waals surface area contributed by atoms with Crippen LogP contribution in [0.1, 0.15) is 19.8 Å². The maximum Gasteiger partial charge on any atom is 0.329 e. The molecule has 0 radical (unpaired) electrons. The maximum absolute atomic E-state index is 12.6. The van der Waals surface area contributed by atoms with E-state index >= 15 is 0 Å². The Bertz CT molecular complexity index is 1130. The number of nitrogens with zero attached hydrogens (tertiary/aromatic N) is 4. The van der Waals surface area contributed by atoms with E-state index in [1.54, 1.807) is 11.6 Å². The molecule has 1 fully saturated rings. The van der Waals surface area contributed by atoms with Crippen molar-refractivity contribution in [3.05, 3.63) is 51.2 Å². The molecule has 0 amide bonds. The van der Waals surface area contributed by atoms with Crippen molar-refractivity contribution in [2.24, 2.45) is 13.0 Å². The van der Waals surface area contributed by atoms with Crippen molar-refractivity contribution >= 4 is 17.1 Å². The van der Waals surface area contributed by atoms with Crippen molar-refractivity contribution in [1.29, 1.82) is 0 Å². The summed E-state index contributed by atoms with van der Waals surface area (Å²) in [5.41, 5.74) is -0.421. The van der Waals surface area contributed by atoms with Crippen molar-refractivity contribution in [1.82, 2.24) is 19.1 Å². The summed E-state index contributed by atoms with van der Waals surface area (Å²) >= 11 is 0. The summed E-state index contributed by atoms with van der Waals surface area (Å²) in [5.74, 6) is 1.90. The van der Waals surface area contributed by atoms with Gasteiger partial charge in [-0.3, -0.25) is 14.3 Å². The summed E-state index contributed by atoms with van der Waals surface area (Å²) in [7, 11) is 1.58. The lowest BCUT2D eigenvalue weighted by Gasteiger charge is -2.31. The van der Waals surface area contributed by atoms with Gasteiger partial charge in [-0.2, -0.15) is 4.98 Å². The highest BCUT2D eigenvalue weighted by Gasteiger charge is 2.25. The van der Waals surface area contributed by atoms with Crippen LogP contribution in [0.3, 0.4) is 0 Å². The van der Waals surface area contributed by atoms with E-state index in [0.717, 1.165) is 25.9 Å². The van der Waals surface area contributed by atoms with Gasteiger partial charge in [0.1, 0.15) is 18.5 Å². The number of hydrogen-bond acceptors (Lipinski definition) is 6. The van der Waals surface area contributed by atoms with Crippen molar-refractivity contribution in [3.8, 4) is 5.75 Å². The minimum absolute atomic E-state index is 0.0732. The minimum atomic E-state index is -0.860. The summed E-state index contributed by atoms with van der Waals surface area (Å²) in [6, 6.07) is 9.25. The lowest BCUT2D eigenvalue weighted by Crippen LogP contribution is -2.36. The first kappa shape index (κ1) is 20.2. The third-order valence-electron chi connectivity index (χ3n) is 5.63. The number of anilines is 1. The van der Waals surface area contributed by atoms with Gasteiger partial charge in [0.2, 0.25) is 5.95 Å². The molecule has 2 aromatic heterocycles. The average Bonchev–Trinajstić information content (AvgIpc) is 3.12. The van der Waals surface area contributed by atoms with E-state index < -0.39 is 17.4 Å². The SMILES string of the molecule is CC1CCN(c2nc3c(c(=O)[nH]c(=O)n3C)n2C[C@@H](O)COc2ccccc2)CC1. The van der Waals surface area contributed by atoms with Crippen LogP contribution in [0.25, 0.3) is 11.2 Å². The van der Waals surface area contributed by atoms with Gasteiger partial charge >= 0.3 is 5.69 Å². The minimum Gasteiger partial charge on any atom is -0.491 e. The normalized spacial score (nSPS) is 16.2. The molecule has 1 aliphatic rings. The molecule has 30 heavy (non-hydrogen) atoms. The lowest BCUT2D eigenvalue weighted by atomic mass is 10.00. The predicted molar refractivity (Wildman–Crippen MR) is 114 cm³/mol. The third-order valence-corrected chi connectivity index (χ3v) is 5.63. The Kier molecular flexibility index (Phi) is 5.63. The summed E-state index contributed by atoms with van der Waals surface area (Å²) < 4.78 is 8.70. The van der Waals surface area contributed by atoms with Gasteiger partial charge in [-0.25, -0.2) is 4.79 Å². The van der Waals surface area contributed by atoms with Crippen LogP contribution in [0.15, 0.2) is 39.9 Å². The molecule has 1 saturated heterocycles. The van der Waals surface area contributed by atoms with Gasteiger partial charge in [-0.1, -0.05) is 25.1 Å². The number of benzene rings is 1. The zero-order valence-corrected chi connectivity index (χ0v) is 17.2. The van der Waals surface area contributed by atoms with Gasteiger partial charge in [0.25, 0.3) is 5.56 Å². The standard InChI is InChI=1S/C21H27N5O4/c1-14-8-10-25(11-9-14)20-22-18-17(19(28)23-21(29)24(18)2)26(20)12-15(27)13-30-16-6-4-3-5-7-16/h3-7,14-15,27H,8-13H2,1-2H3,(H,23,28,29)/t15-/m1/s1. The molecule has 9 heteroatoms. The highest BCUT2D eigenvalue weighted by atomic mass is 16.5. The smallest absolute Gasteiger partial charge is 0.329 e. The fourth-order valence-electron chi connectivity index (χ4n) is 3.82. The number of aromatic amines is 1. The Morgan fingerprint density at radius 1 is 1.23 bits per heavy atom. The van der Waals surface area contributed by atoms with E-state index in [4.69, 9.17) is 4.74 Å². The second-order valence-corrected chi connectivity index (χ2v) is 7.96. The molecule has 0 unspecified atom stereocenters. The Morgan fingerprint density at radius 3 is 2.63 bits per heavy atom. The van der Waals surface area contributed by atoms with Crippen LogP contribution in [-0.4, -0.2) is 50.0 Å². The van der Waals surface area contributed by atoms with E-state index in [1.165, 1.54) is 4.57 Å². The molecule has 0 spiro atoms. The number of aromatic nitrogens is 4. The molecule has 0 aliphatic carbocycles. The van der Waals surface area contributed by atoms with Gasteiger partial charge in [-0.15, -0.1) is 0 Å². The lowest BCUT2D eigenvalue weighted by molar-refractivity contribution is 0.0936. The largest absolute Gasteiger partial charge is 0.491 e. The first-order chi connectivity index (χ1) is 14.4. The number of rotatable bonds is 6. The first-order valence-corrected chi connectivity index (χ1v) is 10.2. The van der Waals surface area contributed by atoms with E-state index in [0.29, 0.717) is 23.3 Å². The molecule has 1 aliphatic heterocycles. The highest BCUT2D eigenvalue weighted by Crippen LogP contribution is 2.25. The molecule has 2 N–H and O–H groups in total. The van der Waals surface area contributed by atoms with Gasteiger partial charge in [0.05, 0.1) is 6.54 Å². The zero-order valence-electron chi connectivity index (χ0n) is 17.2. The molecule has 4 rings (SSSR count). The summed E-state index contributed by atoms with van der Waals surface area (Å²) in [6.45, 7) is 4.05. The fraction of sp³-hybridized carbons (Fsp3) is 0.476. The Morgan fingerprint density at radius 2 is 1.93 bits per heavy atom. The maximum atomic E-state index is 12.6. The monoisotopic (exact) mass is 413 g/mol. The third kappa shape index (κ3) is 3.97. The molecule has 3 heterocycles. The number of H-pyrrole nitrogens is 1. The number of aliphatic hydroxyl groups is 1. The van der Waals surface area contributed by atoms with Gasteiger partial charge in [0, 0.05) is 20.1 Å². The first-order valence-electron chi connectivity index (χ1n) is 10.2.